The number of aromatic nitrogens is 1. The van der Waals surface area contributed by atoms with Gasteiger partial charge in [0.2, 0.25) is 0 Å². The molecule has 0 aliphatic carbocycles. The minimum atomic E-state index is 0.0237. The number of hydrogen-bond acceptors (Lipinski definition) is 4. The first kappa shape index (κ1) is 15.6. The van der Waals surface area contributed by atoms with Crippen molar-refractivity contribution in [2.45, 2.75) is 27.2 Å². The van der Waals surface area contributed by atoms with Crippen LogP contribution in [0, 0.1) is 5.41 Å². The fraction of sp³-hybridized carbons (Fsp3) is 0.471. The zero-order valence-electron chi connectivity index (χ0n) is 13.1. The van der Waals surface area contributed by atoms with Crippen LogP contribution < -0.4 is 10.6 Å². The molecule has 0 atom stereocenters. The Labute approximate surface area is 126 Å². The van der Waals surface area contributed by atoms with E-state index in [4.69, 9.17) is 5.73 Å². The van der Waals surface area contributed by atoms with Gasteiger partial charge in [0.25, 0.3) is 0 Å². The smallest absolute Gasteiger partial charge is 0.136 e. The molecule has 1 aromatic heterocycles. The zero-order chi connectivity index (χ0) is 15.5. The van der Waals surface area contributed by atoms with E-state index in [-0.39, 0.29) is 11.2 Å². The summed E-state index contributed by atoms with van der Waals surface area (Å²) in [6.45, 7) is 8.88. The molecular weight excluding hydrogens is 262 g/mol. The molecule has 0 fully saturated rings. The summed E-state index contributed by atoms with van der Waals surface area (Å²) >= 11 is 0. The van der Waals surface area contributed by atoms with E-state index in [1.165, 1.54) is 0 Å². The van der Waals surface area contributed by atoms with Crippen molar-refractivity contribution in [3.63, 3.8) is 0 Å². The van der Waals surface area contributed by atoms with E-state index in [2.05, 4.69) is 30.7 Å². The van der Waals surface area contributed by atoms with Gasteiger partial charge >= 0.3 is 0 Å². The summed E-state index contributed by atoms with van der Waals surface area (Å²) < 4.78 is 0. The van der Waals surface area contributed by atoms with Crippen molar-refractivity contribution in [1.82, 2.24) is 4.98 Å². The van der Waals surface area contributed by atoms with Crippen molar-refractivity contribution in [3.05, 3.63) is 30.5 Å². The van der Waals surface area contributed by atoms with Gasteiger partial charge < -0.3 is 15.7 Å². The number of benzene rings is 1. The minimum absolute atomic E-state index is 0.0237. The minimum Gasteiger partial charge on any atom is -0.508 e. The molecule has 0 aliphatic heterocycles. The monoisotopic (exact) mass is 287 g/mol. The van der Waals surface area contributed by atoms with Crippen molar-refractivity contribution in [2.24, 2.45) is 11.1 Å². The van der Waals surface area contributed by atoms with Crippen molar-refractivity contribution >= 4 is 16.6 Å². The number of phenols is 1. The average molecular weight is 287 g/mol. The summed E-state index contributed by atoms with van der Waals surface area (Å²) in [5, 5.41) is 11.9. The highest BCUT2D eigenvalue weighted by molar-refractivity contribution is 5.93. The van der Waals surface area contributed by atoms with Crippen LogP contribution in [0.1, 0.15) is 27.2 Å². The lowest BCUT2D eigenvalue weighted by atomic mass is 9.93. The first-order valence-corrected chi connectivity index (χ1v) is 7.49. The van der Waals surface area contributed by atoms with Crippen LogP contribution in [0.15, 0.2) is 30.5 Å². The highest BCUT2D eigenvalue weighted by Crippen LogP contribution is 2.29. The number of nitrogens with two attached hydrogens (primary N) is 1. The molecule has 1 heterocycles. The third-order valence-electron chi connectivity index (χ3n) is 3.69. The van der Waals surface area contributed by atoms with Gasteiger partial charge in [-0.25, -0.2) is 4.98 Å². The fourth-order valence-corrected chi connectivity index (χ4v) is 2.50. The molecule has 3 N–H and O–H groups in total. The third-order valence-corrected chi connectivity index (χ3v) is 3.69. The Hall–Kier alpha value is -1.81. The molecule has 0 saturated heterocycles. The van der Waals surface area contributed by atoms with Gasteiger partial charge in [-0.05, 0) is 42.0 Å². The highest BCUT2D eigenvalue weighted by atomic mass is 16.3. The number of pyridine rings is 1. The fourth-order valence-electron chi connectivity index (χ4n) is 2.50. The van der Waals surface area contributed by atoms with Gasteiger partial charge in [0, 0.05) is 24.7 Å². The van der Waals surface area contributed by atoms with Crippen molar-refractivity contribution in [3.8, 4) is 5.75 Å². The number of rotatable bonds is 6. The van der Waals surface area contributed by atoms with Crippen molar-refractivity contribution < 1.29 is 5.11 Å². The lowest BCUT2D eigenvalue weighted by Crippen LogP contribution is -2.39. The molecule has 1 aromatic carbocycles. The van der Waals surface area contributed by atoms with Gasteiger partial charge in [0.05, 0.1) is 0 Å². The third kappa shape index (κ3) is 3.64. The van der Waals surface area contributed by atoms with Gasteiger partial charge in [0.15, 0.2) is 0 Å². The number of nitrogens with zero attached hydrogens (tertiary/aromatic N) is 2. The molecule has 4 heteroatoms. The number of anilines is 1. The number of phenolic OH excluding ortho intramolecular Hbond substituents is 1. The van der Waals surface area contributed by atoms with E-state index in [0.717, 1.165) is 36.1 Å². The molecular formula is C17H25N3O. The van der Waals surface area contributed by atoms with E-state index in [1.807, 2.05) is 18.3 Å². The van der Waals surface area contributed by atoms with E-state index in [0.29, 0.717) is 6.54 Å². The first-order chi connectivity index (χ1) is 9.96. The first-order valence-electron chi connectivity index (χ1n) is 7.49. The van der Waals surface area contributed by atoms with Gasteiger partial charge in [-0.1, -0.05) is 26.8 Å². The standard InChI is InChI=1S/C17H25N3O/c1-4-9-20(12-17(2,3)11-18)16-15-10-14(21)6-5-13(15)7-8-19-16/h5-8,10,21H,4,9,11-12,18H2,1-3H3. The van der Waals surface area contributed by atoms with Gasteiger partial charge in [-0.3, -0.25) is 0 Å². The second kappa shape index (κ2) is 6.31. The zero-order valence-corrected chi connectivity index (χ0v) is 13.1. The largest absolute Gasteiger partial charge is 0.508 e. The van der Waals surface area contributed by atoms with Crippen LogP contribution in [0.2, 0.25) is 0 Å². The van der Waals surface area contributed by atoms with E-state index in [1.54, 1.807) is 12.1 Å². The summed E-state index contributed by atoms with van der Waals surface area (Å²) in [6, 6.07) is 7.39. The topological polar surface area (TPSA) is 62.4 Å². The van der Waals surface area contributed by atoms with Gasteiger partial charge in [0.1, 0.15) is 11.6 Å². The Morgan fingerprint density at radius 2 is 2.05 bits per heavy atom. The molecule has 0 bridgehead atoms. The predicted octanol–water partition coefficient (Wildman–Crippen LogP) is 3.14. The van der Waals surface area contributed by atoms with Crippen LogP contribution in [0.25, 0.3) is 10.8 Å². The van der Waals surface area contributed by atoms with Crippen LogP contribution in [0.5, 0.6) is 5.75 Å². The summed E-state index contributed by atoms with van der Waals surface area (Å²) in [7, 11) is 0. The Morgan fingerprint density at radius 3 is 2.71 bits per heavy atom. The highest BCUT2D eigenvalue weighted by Gasteiger charge is 2.22. The van der Waals surface area contributed by atoms with Crippen LogP contribution in [-0.4, -0.2) is 29.7 Å². The number of fused-ring (bicyclic) bond motifs is 1. The van der Waals surface area contributed by atoms with E-state index in [9.17, 15) is 5.11 Å². The summed E-state index contributed by atoms with van der Waals surface area (Å²) in [5.41, 5.74) is 5.90. The maximum absolute atomic E-state index is 9.78. The summed E-state index contributed by atoms with van der Waals surface area (Å²) in [4.78, 5) is 6.83. The van der Waals surface area contributed by atoms with Crippen LogP contribution >= 0.6 is 0 Å². The summed E-state index contributed by atoms with van der Waals surface area (Å²) in [5.74, 6) is 1.19. The van der Waals surface area contributed by atoms with Gasteiger partial charge in [-0.2, -0.15) is 0 Å². The molecule has 0 unspecified atom stereocenters. The SMILES string of the molecule is CCCN(CC(C)(C)CN)c1nccc2ccc(O)cc12. The number of hydrogen-bond donors (Lipinski definition) is 2. The quantitative estimate of drug-likeness (QED) is 0.857. The predicted molar refractivity (Wildman–Crippen MR) is 88.7 cm³/mol. The van der Waals surface area contributed by atoms with Crippen molar-refractivity contribution in [1.29, 1.82) is 0 Å². The Balaban J connectivity index is 2.47. The van der Waals surface area contributed by atoms with Crippen LogP contribution in [0.4, 0.5) is 5.82 Å². The second-order valence-corrected chi connectivity index (χ2v) is 6.33. The van der Waals surface area contributed by atoms with E-state index >= 15 is 0 Å². The number of aromatic hydroxyl groups is 1. The normalized spacial score (nSPS) is 11.8. The molecule has 2 rings (SSSR count). The van der Waals surface area contributed by atoms with Crippen LogP contribution in [0.3, 0.4) is 0 Å². The Bertz CT molecular complexity index is 610. The second-order valence-electron chi connectivity index (χ2n) is 6.33. The maximum Gasteiger partial charge on any atom is 0.136 e. The molecule has 0 radical (unpaired) electrons. The average Bonchev–Trinajstić information content (AvgIpc) is 2.46. The lowest BCUT2D eigenvalue weighted by molar-refractivity contribution is 0.377. The molecule has 4 nitrogen and oxygen atoms in total. The van der Waals surface area contributed by atoms with E-state index < -0.39 is 0 Å². The van der Waals surface area contributed by atoms with Crippen LogP contribution in [-0.2, 0) is 0 Å². The molecule has 0 aliphatic rings. The molecule has 2 aromatic rings. The van der Waals surface area contributed by atoms with Gasteiger partial charge in [-0.15, -0.1) is 0 Å². The Kier molecular flexibility index (Phi) is 4.68. The molecule has 0 spiro atoms. The van der Waals surface area contributed by atoms with Crippen molar-refractivity contribution in [2.75, 3.05) is 24.5 Å². The molecule has 0 saturated carbocycles. The molecule has 21 heavy (non-hydrogen) atoms. The Morgan fingerprint density at radius 1 is 1.29 bits per heavy atom. The summed E-state index contributed by atoms with van der Waals surface area (Å²) in [6.07, 6.45) is 2.87. The lowest BCUT2D eigenvalue weighted by Gasteiger charge is -2.33. The maximum atomic E-state index is 9.78. The molecule has 114 valence electrons. The molecule has 0 amide bonds.